The molecular formula is C20H18BrN3O2. The highest BCUT2D eigenvalue weighted by atomic mass is 79.9. The van der Waals surface area contributed by atoms with Crippen LogP contribution in [0.3, 0.4) is 0 Å². The number of hydrogen-bond donors (Lipinski definition) is 1. The average molecular weight is 412 g/mol. The van der Waals surface area contributed by atoms with Gasteiger partial charge in [0.2, 0.25) is 0 Å². The van der Waals surface area contributed by atoms with Crippen LogP contribution < -0.4 is 10.1 Å². The summed E-state index contributed by atoms with van der Waals surface area (Å²) in [6.07, 6.45) is 2.51. The summed E-state index contributed by atoms with van der Waals surface area (Å²) in [6.45, 7) is 2.59. The highest BCUT2D eigenvalue weighted by Gasteiger charge is 2.23. The molecule has 1 atom stereocenters. The Bertz CT molecular complexity index is 950. The Morgan fingerprint density at radius 2 is 2.04 bits per heavy atom. The van der Waals surface area contributed by atoms with Gasteiger partial charge in [-0.2, -0.15) is 5.10 Å². The van der Waals surface area contributed by atoms with Crippen molar-refractivity contribution in [1.29, 1.82) is 0 Å². The van der Waals surface area contributed by atoms with Crippen LogP contribution in [-0.2, 0) is 0 Å². The van der Waals surface area contributed by atoms with Crippen molar-refractivity contribution in [3.8, 4) is 11.4 Å². The molecule has 2 aromatic carbocycles. The lowest BCUT2D eigenvalue weighted by Crippen LogP contribution is -2.32. The Hall–Kier alpha value is -2.60. The maximum Gasteiger partial charge on any atom is 0.251 e. The predicted molar refractivity (Wildman–Crippen MR) is 103 cm³/mol. The predicted octanol–water partition coefficient (Wildman–Crippen LogP) is 4.20. The number of aromatic nitrogens is 2. The van der Waals surface area contributed by atoms with Crippen molar-refractivity contribution >= 4 is 21.8 Å². The van der Waals surface area contributed by atoms with Crippen LogP contribution >= 0.6 is 15.9 Å². The Kier molecular flexibility index (Phi) is 4.51. The summed E-state index contributed by atoms with van der Waals surface area (Å²) >= 11 is 3.49. The highest BCUT2D eigenvalue weighted by molar-refractivity contribution is 9.10. The van der Waals surface area contributed by atoms with Crippen molar-refractivity contribution in [3.63, 3.8) is 0 Å². The van der Waals surface area contributed by atoms with Gasteiger partial charge in [-0.3, -0.25) is 4.79 Å². The van der Waals surface area contributed by atoms with E-state index in [-0.39, 0.29) is 11.9 Å². The average Bonchev–Trinajstić information content (AvgIpc) is 3.08. The number of halogens is 1. The molecule has 0 fully saturated rings. The topological polar surface area (TPSA) is 56.2 Å². The van der Waals surface area contributed by atoms with Crippen LogP contribution in [-0.4, -0.2) is 22.3 Å². The fourth-order valence-corrected chi connectivity index (χ4v) is 3.53. The van der Waals surface area contributed by atoms with Crippen molar-refractivity contribution in [2.75, 3.05) is 6.61 Å². The Balaban J connectivity index is 1.53. The van der Waals surface area contributed by atoms with E-state index in [0.717, 1.165) is 33.6 Å². The number of nitrogens with zero attached hydrogens (tertiary/aromatic N) is 2. The van der Waals surface area contributed by atoms with Crippen LogP contribution in [0.15, 0.2) is 59.2 Å². The zero-order valence-electron chi connectivity index (χ0n) is 14.3. The molecule has 0 saturated carbocycles. The first-order chi connectivity index (χ1) is 12.6. The Morgan fingerprint density at radius 3 is 2.77 bits per heavy atom. The molecule has 1 amide bonds. The van der Waals surface area contributed by atoms with Gasteiger partial charge in [0.25, 0.3) is 5.91 Å². The normalized spacial score (nSPS) is 15.8. The highest BCUT2D eigenvalue weighted by Crippen LogP contribution is 2.34. The number of hydrogen-bond acceptors (Lipinski definition) is 3. The number of carbonyl (C=O) groups is 1. The van der Waals surface area contributed by atoms with E-state index in [1.807, 2.05) is 60.1 Å². The van der Waals surface area contributed by atoms with E-state index in [1.54, 1.807) is 6.20 Å². The summed E-state index contributed by atoms with van der Waals surface area (Å²) in [4.78, 5) is 12.7. The zero-order valence-corrected chi connectivity index (χ0v) is 15.9. The van der Waals surface area contributed by atoms with Gasteiger partial charge in [0.05, 0.1) is 18.3 Å². The minimum atomic E-state index is -0.0911. The van der Waals surface area contributed by atoms with Crippen LogP contribution in [0, 0.1) is 6.92 Å². The number of benzene rings is 2. The van der Waals surface area contributed by atoms with Gasteiger partial charge < -0.3 is 10.1 Å². The fourth-order valence-electron chi connectivity index (χ4n) is 3.15. The molecule has 0 spiro atoms. The Labute approximate surface area is 160 Å². The molecule has 5 nitrogen and oxygen atoms in total. The van der Waals surface area contributed by atoms with Crippen molar-refractivity contribution in [3.05, 3.63) is 76.0 Å². The van der Waals surface area contributed by atoms with Crippen LogP contribution in [0.1, 0.15) is 34.1 Å². The van der Waals surface area contributed by atoms with E-state index < -0.39 is 0 Å². The second-order valence-corrected chi connectivity index (χ2v) is 7.19. The molecule has 0 aliphatic carbocycles. The van der Waals surface area contributed by atoms with Gasteiger partial charge >= 0.3 is 0 Å². The van der Waals surface area contributed by atoms with Gasteiger partial charge in [-0.25, -0.2) is 4.68 Å². The molecule has 1 unspecified atom stereocenters. The first-order valence-corrected chi connectivity index (χ1v) is 9.25. The number of carbonyl (C=O) groups excluding carboxylic acids is 1. The van der Waals surface area contributed by atoms with E-state index >= 15 is 0 Å². The van der Waals surface area contributed by atoms with Gasteiger partial charge in [0, 0.05) is 33.9 Å². The van der Waals surface area contributed by atoms with Gasteiger partial charge in [-0.15, -0.1) is 0 Å². The first kappa shape index (κ1) is 16.8. The number of amides is 1. The van der Waals surface area contributed by atoms with Crippen LogP contribution in [0.2, 0.25) is 0 Å². The van der Waals surface area contributed by atoms with Crippen molar-refractivity contribution in [2.45, 2.75) is 19.4 Å². The van der Waals surface area contributed by atoms with E-state index in [0.29, 0.717) is 12.2 Å². The summed E-state index contributed by atoms with van der Waals surface area (Å²) in [7, 11) is 0. The van der Waals surface area contributed by atoms with Crippen LogP contribution in [0.4, 0.5) is 0 Å². The molecule has 0 saturated heterocycles. The van der Waals surface area contributed by atoms with Crippen LogP contribution in [0.5, 0.6) is 5.75 Å². The first-order valence-electron chi connectivity index (χ1n) is 8.46. The molecular weight excluding hydrogens is 394 g/mol. The fraction of sp³-hybridized carbons (Fsp3) is 0.200. The van der Waals surface area contributed by atoms with Gasteiger partial charge in [0.15, 0.2) is 0 Å². The zero-order chi connectivity index (χ0) is 18.1. The van der Waals surface area contributed by atoms with Crippen molar-refractivity contribution < 1.29 is 9.53 Å². The molecule has 1 aliphatic heterocycles. The molecule has 1 aromatic heterocycles. The summed E-state index contributed by atoms with van der Waals surface area (Å²) in [5.74, 6) is 0.737. The lowest BCUT2D eigenvalue weighted by Gasteiger charge is -2.27. The number of ether oxygens (including phenoxy) is 1. The maximum absolute atomic E-state index is 12.7. The molecule has 1 N–H and O–H groups in total. The minimum absolute atomic E-state index is 0.0585. The Morgan fingerprint density at radius 1 is 1.23 bits per heavy atom. The summed E-state index contributed by atoms with van der Waals surface area (Å²) in [6, 6.07) is 15.2. The van der Waals surface area contributed by atoms with Gasteiger partial charge in [0.1, 0.15) is 5.75 Å². The number of fused-ring (bicyclic) bond motifs is 1. The molecule has 6 heteroatoms. The standard InChI is InChI=1S/C20H18BrN3O2/c1-13-8-10-22-24(13)16-5-2-14(3-6-16)20(25)23-18-9-11-26-19-7-4-15(21)12-17(18)19/h2-8,10,12,18H,9,11H2,1H3,(H,23,25). The lowest BCUT2D eigenvalue weighted by molar-refractivity contribution is 0.0925. The molecule has 2 heterocycles. The van der Waals surface area contributed by atoms with Crippen molar-refractivity contribution in [2.24, 2.45) is 0 Å². The summed E-state index contributed by atoms with van der Waals surface area (Å²) in [5.41, 5.74) is 3.61. The smallest absolute Gasteiger partial charge is 0.251 e. The minimum Gasteiger partial charge on any atom is -0.493 e. The quantitative estimate of drug-likeness (QED) is 0.702. The molecule has 26 heavy (non-hydrogen) atoms. The molecule has 0 bridgehead atoms. The van der Waals surface area contributed by atoms with E-state index in [9.17, 15) is 4.79 Å². The largest absolute Gasteiger partial charge is 0.493 e. The van der Waals surface area contributed by atoms with Gasteiger partial charge in [-0.05, 0) is 55.5 Å². The van der Waals surface area contributed by atoms with E-state index in [4.69, 9.17) is 4.74 Å². The van der Waals surface area contributed by atoms with E-state index in [2.05, 4.69) is 26.3 Å². The molecule has 3 aromatic rings. The SMILES string of the molecule is Cc1ccnn1-c1ccc(C(=O)NC2CCOc3ccc(Br)cc32)cc1. The van der Waals surface area contributed by atoms with Gasteiger partial charge in [-0.1, -0.05) is 15.9 Å². The molecule has 0 radical (unpaired) electrons. The third-order valence-electron chi connectivity index (χ3n) is 4.52. The summed E-state index contributed by atoms with van der Waals surface area (Å²) in [5, 5.41) is 7.41. The molecule has 1 aliphatic rings. The molecule has 132 valence electrons. The number of rotatable bonds is 3. The second-order valence-electron chi connectivity index (χ2n) is 6.28. The number of aryl methyl sites for hydroxylation is 1. The van der Waals surface area contributed by atoms with Crippen LogP contribution in [0.25, 0.3) is 5.69 Å². The summed E-state index contributed by atoms with van der Waals surface area (Å²) < 4.78 is 8.50. The monoisotopic (exact) mass is 411 g/mol. The van der Waals surface area contributed by atoms with Crippen molar-refractivity contribution in [1.82, 2.24) is 15.1 Å². The molecule has 4 rings (SSSR count). The lowest BCUT2D eigenvalue weighted by atomic mass is 10.00. The maximum atomic E-state index is 12.7. The second kappa shape index (κ2) is 6.96. The van der Waals surface area contributed by atoms with E-state index in [1.165, 1.54) is 0 Å². The third kappa shape index (κ3) is 3.24. The number of nitrogens with one attached hydrogen (secondary N) is 1. The third-order valence-corrected chi connectivity index (χ3v) is 5.02.